The fraction of sp³-hybridized carbons (Fsp3) is 0.294. The lowest BCUT2D eigenvalue weighted by atomic mass is 9.92. The molecule has 1 atom stereocenters. The van der Waals surface area contributed by atoms with Crippen molar-refractivity contribution in [3.63, 3.8) is 0 Å². The number of aliphatic imine (C=N–C) groups is 1. The number of carbonyl (C=O) groups is 1. The van der Waals surface area contributed by atoms with Gasteiger partial charge in [0, 0.05) is 13.1 Å². The normalized spacial score (nSPS) is 20.2. The van der Waals surface area contributed by atoms with Crippen LogP contribution in [-0.4, -0.2) is 54.5 Å². The molecule has 0 spiro atoms. The van der Waals surface area contributed by atoms with Gasteiger partial charge in [0.05, 0.1) is 36.5 Å². The van der Waals surface area contributed by atoms with Crippen LogP contribution in [0, 0.1) is 17.5 Å². The van der Waals surface area contributed by atoms with Crippen molar-refractivity contribution in [3.05, 3.63) is 47.2 Å². The van der Waals surface area contributed by atoms with E-state index in [0.29, 0.717) is 10.4 Å². The van der Waals surface area contributed by atoms with Crippen molar-refractivity contribution in [1.82, 2.24) is 14.3 Å². The lowest BCUT2D eigenvalue weighted by Crippen LogP contribution is -2.50. The second-order valence-corrected chi connectivity index (χ2v) is 8.77. The van der Waals surface area contributed by atoms with Gasteiger partial charge in [0.2, 0.25) is 21.9 Å². The minimum Gasteiger partial charge on any atom is -0.480 e. The van der Waals surface area contributed by atoms with Crippen LogP contribution in [0.2, 0.25) is 0 Å². The number of hydrogen-bond donors (Lipinski definition) is 2. The monoisotopic (exact) mass is 458 g/mol. The number of benzene rings is 1. The highest BCUT2D eigenvalue weighted by Crippen LogP contribution is 2.38. The van der Waals surface area contributed by atoms with Crippen molar-refractivity contribution < 1.29 is 31.1 Å². The summed E-state index contributed by atoms with van der Waals surface area (Å²) in [5.74, 6) is -6.87. The highest BCUT2D eigenvalue weighted by Gasteiger charge is 2.44. The Labute approximate surface area is 175 Å². The number of ether oxygens (including phenoxy) is 1. The molecule has 1 aromatic heterocycles. The van der Waals surface area contributed by atoms with Gasteiger partial charge < -0.3 is 15.8 Å². The Morgan fingerprint density at radius 3 is 2.48 bits per heavy atom. The first-order valence-electron chi connectivity index (χ1n) is 8.57. The lowest BCUT2D eigenvalue weighted by molar-refractivity contribution is 0.102. The number of aromatic nitrogens is 2. The first-order valence-corrected chi connectivity index (χ1v) is 10.2. The molecule has 2 aromatic rings. The molecule has 0 saturated carbocycles. The van der Waals surface area contributed by atoms with Crippen LogP contribution in [0.5, 0.6) is 5.88 Å². The lowest BCUT2D eigenvalue weighted by Gasteiger charge is -2.35. The zero-order valence-corrected chi connectivity index (χ0v) is 17.3. The van der Waals surface area contributed by atoms with Crippen LogP contribution in [0.15, 0.2) is 23.5 Å². The van der Waals surface area contributed by atoms with Crippen LogP contribution in [0.25, 0.3) is 0 Å². The number of methoxy groups -OCH3 is 1. The maximum Gasteiger partial charge on any atom is 0.275 e. The minimum absolute atomic E-state index is 0.115. The largest absolute Gasteiger partial charge is 0.480 e. The Morgan fingerprint density at radius 2 is 1.94 bits per heavy atom. The number of halogens is 3. The van der Waals surface area contributed by atoms with Crippen molar-refractivity contribution in [1.29, 1.82) is 0 Å². The van der Waals surface area contributed by atoms with Gasteiger partial charge in [-0.1, -0.05) is 0 Å². The summed E-state index contributed by atoms with van der Waals surface area (Å²) in [5.41, 5.74) is 1.49. The summed E-state index contributed by atoms with van der Waals surface area (Å²) in [6.07, 6.45) is 2.16. The molecule has 2 heterocycles. The molecule has 1 aliphatic heterocycles. The standard InChI is InChI=1S/C17H17F3N6O4S/c1-17(7-31(28,29)26(2)16(21)25-17)12-13(19)8(18)4-9(14(12)20)24-15(27)10-5-23-11(30-3)6-22-10/h4-6H,7H2,1-3H3,(H2,21,25)(H,24,27)/t17-/m0/s1. The van der Waals surface area contributed by atoms with E-state index in [-0.39, 0.29) is 11.6 Å². The number of sulfonamides is 1. The number of hydrogen-bond acceptors (Lipinski definition) is 8. The number of nitrogens with one attached hydrogen (secondary N) is 1. The van der Waals surface area contributed by atoms with Gasteiger partial charge in [-0.3, -0.25) is 4.79 Å². The Morgan fingerprint density at radius 1 is 1.26 bits per heavy atom. The second kappa shape index (κ2) is 7.68. The Balaban J connectivity index is 2.07. The third-order valence-corrected chi connectivity index (χ3v) is 6.53. The minimum atomic E-state index is -4.09. The molecule has 0 unspecified atom stereocenters. The van der Waals surface area contributed by atoms with Crippen molar-refractivity contribution in [2.45, 2.75) is 12.5 Å². The van der Waals surface area contributed by atoms with Gasteiger partial charge in [-0.05, 0) is 6.92 Å². The van der Waals surface area contributed by atoms with E-state index in [0.717, 1.165) is 26.4 Å². The van der Waals surface area contributed by atoms with Crippen molar-refractivity contribution in [2.24, 2.45) is 10.7 Å². The van der Waals surface area contributed by atoms with E-state index in [9.17, 15) is 22.0 Å². The average molecular weight is 458 g/mol. The first-order chi connectivity index (χ1) is 14.4. The Kier molecular flexibility index (Phi) is 5.52. The molecule has 1 aromatic carbocycles. The van der Waals surface area contributed by atoms with Crippen LogP contribution >= 0.6 is 0 Å². The molecule has 1 amide bonds. The molecular formula is C17H17F3N6O4S. The number of anilines is 1. The van der Waals surface area contributed by atoms with Gasteiger partial charge in [0.15, 0.2) is 17.5 Å². The summed E-state index contributed by atoms with van der Waals surface area (Å²) < 4.78 is 74.2. The van der Waals surface area contributed by atoms with Crippen LogP contribution in [-0.2, 0) is 15.6 Å². The molecule has 0 radical (unpaired) electrons. The van der Waals surface area contributed by atoms with E-state index in [2.05, 4.69) is 20.3 Å². The summed E-state index contributed by atoms with van der Waals surface area (Å²) >= 11 is 0. The van der Waals surface area contributed by atoms with Crippen LogP contribution < -0.4 is 15.8 Å². The maximum atomic E-state index is 15.2. The number of guanidine groups is 1. The van der Waals surface area contributed by atoms with E-state index >= 15 is 4.39 Å². The molecule has 0 fully saturated rings. The molecule has 166 valence electrons. The summed E-state index contributed by atoms with van der Waals surface area (Å²) in [5, 5.41) is 2.07. The summed E-state index contributed by atoms with van der Waals surface area (Å²) in [4.78, 5) is 23.7. The molecule has 0 saturated heterocycles. The molecule has 3 N–H and O–H groups in total. The predicted octanol–water partition coefficient (Wildman–Crippen LogP) is 0.960. The summed E-state index contributed by atoms with van der Waals surface area (Å²) in [7, 11) is -1.64. The smallest absolute Gasteiger partial charge is 0.275 e. The van der Waals surface area contributed by atoms with Crippen LogP contribution in [0.4, 0.5) is 18.9 Å². The number of nitrogens with zero attached hydrogens (tertiary/aromatic N) is 4. The van der Waals surface area contributed by atoms with Gasteiger partial charge in [0.1, 0.15) is 11.2 Å². The van der Waals surface area contributed by atoms with Crippen LogP contribution in [0.3, 0.4) is 0 Å². The molecule has 0 aliphatic carbocycles. The van der Waals surface area contributed by atoms with E-state index < -0.39 is 61.9 Å². The van der Waals surface area contributed by atoms with E-state index in [1.807, 2.05) is 0 Å². The summed E-state index contributed by atoms with van der Waals surface area (Å²) in [6, 6.07) is 0.420. The fourth-order valence-electron chi connectivity index (χ4n) is 2.97. The van der Waals surface area contributed by atoms with E-state index in [1.54, 1.807) is 0 Å². The van der Waals surface area contributed by atoms with Gasteiger partial charge in [-0.15, -0.1) is 0 Å². The fourth-order valence-corrected chi connectivity index (χ4v) is 4.41. The first kappa shape index (κ1) is 22.3. The Bertz CT molecular complexity index is 1190. The third kappa shape index (κ3) is 3.97. The zero-order valence-electron chi connectivity index (χ0n) is 16.5. The van der Waals surface area contributed by atoms with Crippen molar-refractivity contribution in [3.8, 4) is 5.88 Å². The van der Waals surface area contributed by atoms with Gasteiger partial charge in [-0.2, -0.15) is 0 Å². The molecule has 1 aliphatic rings. The average Bonchev–Trinajstić information content (AvgIpc) is 2.70. The molecule has 10 nitrogen and oxygen atoms in total. The Hall–Kier alpha value is -3.42. The topological polar surface area (TPSA) is 140 Å². The summed E-state index contributed by atoms with van der Waals surface area (Å²) in [6.45, 7) is 1.09. The number of carbonyl (C=O) groups excluding carboxylic acids is 1. The van der Waals surface area contributed by atoms with E-state index in [4.69, 9.17) is 10.5 Å². The number of rotatable bonds is 4. The molecular weight excluding hydrogens is 441 g/mol. The molecule has 14 heteroatoms. The quantitative estimate of drug-likeness (QED) is 0.651. The number of nitrogens with two attached hydrogens (primary N) is 1. The van der Waals surface area contributed by atoms with E-state index in [1.165, 1.54) is 7.11 Å². The van der Waals surface area contributed by atoms with Gasteiger partial charge in [-0.25, -0.2) is 40.9 Å². The number of amides is 1. The van der Waals surface area contributed by atoms with Crippen LogP contribution in [0.1, 0.15) is 23.0 Å². The second-order valence-electron chi connectivity index (χ2n) is 6.77. The van der Waals surface area contributed by atoms with Crippen molar-refractivity contribution in [2.75, 3.05) is 25.2 Å². The van der Waals surface area contributed by atoms with Gasteiger partial charge in [0.25, 0.3) is 5.91 Å². The maximum absolute atomic E-state index is 15.2. The zero-order chi connectivity index (χ0) is 23.1. The van der Waals surface area contributed by atoms with Gasteiger partial charge >= 0.3 is 0 Å². The highest BCUT2D eigenvalue weighted by atomic mass is 32.2. The molecule has 3 rings (SSSR count). The molecule has 31 heavy (non-hydrogen) atoms. The molecule has 0 bridgehead atoms. The third-order valence-electron chi connectivity index (χ3n) is 4.58. The SMILES string of the molecule is COc1cnc(C(=O)Nc2cc(F)c(F)c([C@]3(C)CS(=O)(=O)N(C)C(N)=N3)c2F)cn1. The predicted molar refractivity (Wildman–Crippen MR) is 103 cm³/mol. The highest BCUT2D eigenvalue weighted by molar-refractivity contribution is 7.89. The van der Waals surface area contributed by atoms with Crippen molar-refractivity contribution >= 4 is 27.6 Å².